The maximum absolute atomic E-state index is 13.9. The van der Waals surface area contributed by atoms with E-state index in [1.807, 2.05) is 61.5 Å². The van der Waals surface area contributed by atoms with Gasteiger partial charge in [0.2, 0.25) is 5.91 Å². The van der Waals surface area contributed by atoms with E-state index in [4.69, 9.17) is 4.74 Å². The third-order valence-corrected chi connectivity index (χ3v) is 4.47. The monoisotopic (exact) mass is 406 g/mol. The highest BCUT2D eigenvalue weighted by atomic mass is 19.1. The van der Waals surface area contributed by atoms with E-state index < -0.39 is 17.8 Å². The third kappa shape index (κ3) is 5.23. The summed E-state index contributed by atoms with van der Waals surface area (Å²) in [5, 5.41) is 5.40. The Balaban J connectivity index is 1.90. The quantitative estimate of drug-likeness (QED) is 0.598. The molecule has 0 spiro atoms. The minimum absolute atomic E-state index is 0.0347. The van der Waals surface area contributed by atoms with E-state index in [9.17, 15) is 14.0 Å². The maximum Gasteiger partial charge on any atom is 0.252 e. The molecule has 0 aromatic heterocycles. The summed E-state index contributed by atoms with van der Waals surface area (Å²) in [4.78, 5) is 24.2. The van der Waals surface area contributed by atoms with Crippen molar-refractivity contribution in [2.24, 2.45) is 0 Å². The van der Waals surface area contributed by atoms with E-state index in [0.717, 1.165) is 22.9 Å². The van der Waals surface area contributed by atoms with Crippen molar-refractivity contribution in [1.82, 2.24) is 5.32 Å². The van der Waals surface area contributed by atoms with Crippen molar-refractivity contribution < 1.29 is 18.7 Å². The third-order valence-electron chi connectivity index (χ3n) is 4.47. The van der Waals surface area contributed by atoms with Gasteiger partial charge in [-0.3, -0.25) is 9.59 Å². The molecular weight excluding hydrogens is 383 g/mol. The van der Waals surface area contributed by atoms with Crippen LogP contribution in [0, 0.1) is 5.82 Å². The minimum Gasteiger partial charge on any atom is -0.494 e. The Hall–Kier alpha value is -3.67. The molecule has 0 saturated carbocycles. The van der Waals surface area contributed by atoms with Crippen LogP contribution in [0.2, 0.25) is 0 Å². The maximum atomic E-state index is 13.9. The Bertz CT molecular complexity index is 1020. The summed E-state index contributed by atoms with van der Waals surface area (Å²) in [5.74, 6) is -0.655. The van der Waals surface area contributed by atoms with Gasteiger partial charge in [0.15, 0.2) is 0 Å². The lowest BCUT2D eigenvalue weighted by atomic mass is 9.98. The Kier molecular flexibility index (Phi) is 6.80. The zero-order chi connectivity index (χ0) is 21.5. The Morgan fingerprint density at radius 3 is 2.27 bits per heavy atom. The number of amides is 2. The molecule has 0 saturated heterocycles. The molecule has 154 valence electrons. The molecular formula is C24H23FN2O3. The van der Waals surface area contributed by atoms with Gasteiger partial charge in [-0.25, -0.2) is 4.39 Å². The van der Waals surface area contributed by atoms with E-state index in [1.54, 1.807) is 0 Å². The van der Waals surface area contributed by atoms with Crippen molar-refractivity contribution in [3.05, 3.63) is 95.3 Å². The standard InChI is InChI=1S/C24H23FN2O3/c1-3-30-20-12-9-18(10-13-20)23(17-7-5-4-6-8-17)27-24(29)19-11-14-21(25)22(15-19)26-16(2)28/h4-15,23H,3H2,1-2H3,(H,26,28)(H,27,29). The molecule has 3 aromatic carbocycles. The second-order valence-corrected chi connectivity index (χ2v) is 6.70. The first kappa shape index (κ1) is 21.0. The van der Waals surface area contributed by atoms with Crippen LogP contribution in [0.25, 0.3) is 0 Å². The highest BCUT2D eigenvalue weighted by molar-refractivity contribution is 5.97. The van der Waals surface area contributed by atoms with Gasteiger partial charge in [-0.05, 0) is 48.4 Å². The number of rotatable bonds is 7. The lowest BCUT2D eigenvalue weighted by Crippen LogP contribution is -2.29. The fraction of sp³-hybridized carbons (Fsp3) is 0.167. The normalized spacial score (nSPS) is 11.4. The molecule has 0 bridgehead atoms. The molecule has 3 rings (SSSR count). The molecule has 2 amide bonds. The minimum atomic E-state index is -0.604. The Labute approximate surface area is 174 Å². The molecule has 6 heteroatoms. The summed E-state index contributed by atoms with van der Waals surface area (Å²) in [7, 11) is 0. The van der Waals surface area contributed by atoms with Crippen molar-refractivity contribution in [2.75, 3.05) is 11.9 Å². The van der Waals surface area contributed by atoms with Crippen molar-refractivity contribution in [1.29, 1.82) is 0 Å². The number of carbonyl (C=O) groups is 2. The molecule has 0 aliphatic rings. The van der Waals surface area contributed by atoms with E-state index in [1.165, 1.54) is 19.1 Å². The fourth-order valence-electron chi connectivity index (χ4n) is 3.09. The average molecular weight is 406 g/mol. The largest absolute Gasteiger partial charge is 0.494 e. The van der Waals surface area contributed by atoms with Crippen LogP contribution in [-0.4, -0.2) is 18.4 Å². The first-order valence-electron chi connectivity index (χ1n) is 9.63. The van der Waals surface area contributed by atoms with Crippen LogP contribution in [0.3, 0.4) is 0 Å². The van der Waals surface area contributed by atoms with E-state index in [-0.39, 0.29) is 17.2 Å². The number of benzene rings is 3. The Morgan fingerprint density at radius 1 is 0.967 bits per heavy atom. The number of hydrogen-bond acceptors (Lipinski definition) is 3. The lowest BCUT2D eigenvalue weighted by molar-refractivity contribution is -0.114. The van der Waals surface area contributed by atoms with Crippen LogP contribution in [0.4, 0.5) is 10.1 Å². The van der Waals surface area contributed by atoms with Crippen molar-refractivity contribution in [3.8, 4) is 5.75 Å². The summed E-state index contributed by atoms with van der Waals surface area (Å²) in [6.45, 7) is 3.77. The molecule has 0 heterocycles. The van der Waals surface area contributed by atoms with E-state index in [0.29, 0.717) is 6.61 Å². The average Bonchev–Trinajstić information content (AvgIpc) is 2.74. The van der Waals surface area contributed by atoms with E-state index >= 15 is 0 Å². The number of ether oxygens (including phenoxy) is 1. The first-order valence-corrected chi connectivity index (χ1v) is 9.63. The van der Waals surface area contributed by atoms with Gasteiger partial charge in [-0.2, -0.15) is 0 Å². The zero-order valence-corrected chi connectivity index (χ0v) is 16.8. The predicted molar refractivity (Wildman–Crippen MR) is 114 cm³/mol. The molecule has 0 aliphatic heterocycles. The van der Waals surface area contributed by atoms with Crippen molar-refractivity contribution >= 4 is 17.5 Å². The van der Waals surface area contributed by atoms with Gasteiger partial charge in [0.25, 0.3) is 5.91 Å². The second kappa shape index (κ2) is 9.69. The molecule has 2 N–H and O–H groups in total. The predicted octanol–water partition coefficient (Wildman–Crippen LogP) is 4.70. The fourth-order valence-corrected chi connectivity index (χ4v) is 3.09. The van der Waals surface area contributed by atoms with Gasteiger partial charge in [0.05, 0.1) is 18.3 Å². The molecule has 0 radical (unpaired) electrons. The number of hydrogen-bond donors (Lipinski definition) is 2. The second-order valence-electron chi connectivity index (χ2n) is 6.70. The van der Waals surface area contributed by atoms with Crippen LogP contribution in [0.5, 0.6) is 5.75 Å². The Morgan fingerprint density at radius 2 is 1.63 bits per heavy atom. The van der Waals surface area contributed by atoms with Gasteiger partial charge in [-0.1, -0.05) is 42.5 Å². The van der Waals surface area contributed by atoms with Crippen molar-refractivity contribution in [3.63, 3.8) is 0 Å². The zero-order valence-electron chi connectivity index (χ0n) is 16.8. The number of nitrogens with one attached hydrogen (secondary N) is 2. The molecule has 1 atom stereocenters. The van der Waals surface area contributed by atoms with Crippen molar-refractivity contribution in [2.45, 2.75) is 19.9 Å². The SMILES string of the molecule is CCOc1ccc(C(NC(=O)c2ccc(F)c(NC(C)=O)c2)c2ccccc2)cc1. The van der Waals surface area contributed by atoms with Crippen LogP contribution in [0.15, 0.2) is 72.8 Å². The summed E-state index contributed by atoms with van der Waals surface area (Å²) >= 11 is 0. The van der Waals surface area contributed by atoms with Crippen LogP contribution >= 0.6 is 0 Å². The first-order chi connectivity index (χ1) is 14.5. The molecule has 1 unspecified atom stereocenters. The van der Waals surface area contributed by atoms with Gasteiger partial charge in [0, 0.05) is 12.5 Å². The molecule has 30 heavy (non-hydrogen) atoms. The van der Waals surface area contributed by atoms with Gasteiger partial charge < -0.3 is 15.4 Å². The highest BCUT2D eigenvalue weighted by Crippen LogP contribution is 2.25. The summed E-state index contributed by atoms with van der Waals surface area (Å²) in [5.41, 5.74) is 1.99. The summed E-state index contributed by atoms with van der Waals surface area (Å²) < 4.78 is 19.4. The smallest absolute Gasteiger partial charge is 0.252 e. The highest BCUT2D eigenvalue weighted by Gasteiger charge is 2.19. The molecule has 5 nitrogen and oxygen atoms in total. The van der Waals surface area contributed by atoms with Crippen LogP contribution in [-0.2, 0) is 4.79 Å². The molecule has 0 aliphatic carbocycles. The lowest BCUT2D eigenvalue weighted by Gasteiger charge is -2.20. The topological polar surface area (TPSA) is 67.4 Å². The molecule has 0 fully saturated rings. The number of carbonyl (C=O) groups excluding carboxylic acids is 2. The number of halogens is 1. The summed E-state index contributed by atoms with van der Waals surface area (Å²) in [6.07, 6.45) is 0. The van der Waals surface area contributed by atoms with Crippen LogP contribution in [0.1, 0.15) is 41.4 Å². The van der Waals surface area contributed by atoms with Gasteiger partial charge in [0.1, 0.15) is 11.6 Å². The van der Waals surface area contributed by atoms with Gasteiger partial charge in [-0.15, -0.1) is 0 Å². The van der Waals surface area contributed by atoms with E-state index in [2.05, 4.69) is 10.6 Å². The summed E-state index contributed by atoms with van der Waals surface area (Å²) in [6, 6.07) is 20.5. The molecule has 3 aromatic rings. The number of anilines is 1. The van der Waals surface area contributed by atoms with Crippen LogP contribution < -0.4 is 15.4 Å². The van der Waals surface area contributed by atoms with Gasteiger partial charge >= 0.3 is 0 Å².